The number of aliphatic hydroxyl groups is 1. The van der Waals surface area contributed by atoms with Crippen molar-refractivity contribution in [2.75, 3.05) is 24.3 Å². The van der Waals surface area contributed by atoms with Gasteiger partial charge in [-0.25, -0.2) is 0 Å². The van der Waals surface area contributed by atoms with Gasteiger partial charge in [0.25, 0.3) is 5.69 Å². The number of nitrogens with one attached hydrogen (secondary N) is 1. The Morgan fingerprint density at radius 1 is 1.29 bits per heavy atom. The molecule has 0 atom stereocenters. The van der Waals surface area contributed by atoms with Crippen LogP contribution in [-0.4, -0.2) is 40.5 Å². The van der Waals surface area contributed by atoms with Crippen LogP contribution in [0.1, 0.15) is 66.7 Å². The van der Waals surface area contributed by atoms with Crippen LogP contribution < -0.4 is 14.9 Å². The molecule has 9 nitrogen and oxygen atoms in total. The van der Waals surface area contributed by atoms with Gasteiger partial charge in [0.05, 0.1) is 29.0 Å². The maximum atomic E-state index is 13.1. The molecule has 9 heteroatoms. The van der Waals surface area contributed by atoms with Crippen molar-refractivity contribution in [3.05, 3.63) is 53.1 Å². The third-order valence-corrected chi connectivity index (χ3v) is 6.94. The first kappa shape index (κ1) is 22.2. The van der Waals surface area contributed by atoms with Crippen molar-refractivity contribution < 1.29 is 14.6 Å². The fraction of sp³-hybridized carbons (Fsp3) is 0.440. The standard InChI is InChI=1S/C25H28N6O3/c1-29(2)23-13-19-17(14-30(28-19)18-8-10-25(33,15-26)11-9-18)12-20(23)27-24(32)22-5-3-4-21(31(22)34)16-6-7-16/h3-5,12-14,16,18,33H,6-11H2,1-2H3,(H,27,32). The van der Waals surface area contributed by atoms with Gasteiger partial charge in [0, 0.05) is 43.7 Å². The summed E-state index contributed by atoms with van der Waals surface area (Å²) in [7, 11) is 3.78. The maximum absolute atomic E-state index is 13.1. The molecular formula is C25H28N6O3. The summed E-state index contributed by atoms with van der Waals surface area (Å²) in [6.45, 7) is 0. The molecule has 2 N–H and O–H groups in total. The summed E-state index contributed by atoms with van der Waals surface area (Å²) < 4.78 is 2.65. The Morgan fingerprint density at radius 3 is 2.68 bits per heavy atom. The molecular weight excluding hydrogens is 432 g/mol. The Kier molecular flexibility index (Phi) is 5.41. The zero-order valence-electron chi connectivity index (χ0n) is 19.4. The molecule has 2 aromatic heterocycles. The van der Waals surface area contributed by atoms with E-state index in [0.717, 1.165) is 34.2 Å². The average molecular weight is 461 g/mol. The molecule has 0 spiro atoms. The van der Waals surface area contributed by atoms with Gasteiger partial charge < -0.3 is 20.5 Å². The summed E-state index contributed by atoms with van der Waals surface area (Å²) in [6.07, 6.45) is 6.08. The minimum atomic E-state index is -1.24. The average Bonchev–Trinajstić information content (AvgIpc) is 3.58. The normalized spacial score (nSPS) is 22.4. The number of rotatable bonds is 5. The van der Waals surface area contributed by atoms with Crippen molar-refractivity contribution in [3.63, 3.8) is 0 Å². The summed E-state index contributed by atoms with van der Waals surface area (Å²) in [5, 5.41) is 40.7. The first-order valence-electron chi connectivity index (χ1n) is 11.7. The smallest absolute Gasteiger partial charge is 0.321 e. The van der Waals surface area contributed by atoms with Crippen molar-refractivity contribution in [2.45, 2.75) is 56.1 Å². The second-order valence-electron chi connectivity index (χ2n) is 9.66. The number of nitriles is 1. The highest BCUT2D eigenvalue weighted by Gasteiger charge is 2.35. The van der Waals surface area contributed by atoms with E-state index < -0.39 is 11.5 Å². The molecule has 34 heavy (non-hydrogen) atoms. The van der Waals surface area contributed by atoms with Crippen molar-refractivity contribution in [3.8, 4) is 6.07 Å². The summed E-state index contributed by atoms with van der Waals surface area (Å²) in [6, 6.07) is 11.0. The molecule has 0 bridgehead atoms. The van der Waals surface area contributed by atoms with Crippen molar-refractivity contribution in [1.82, 2.24) is 9.78 Å². The molecule has 0 aliphatic heterocycles. The number of pyridine rings is 1. The van der Waals surface area contributed by atoms with Gasteiger partial charge in [-0.3, -0.25) is 9.48 Å². The molecule has 2 fully saturated rings. The van der Waals surface area contributed by atoms with Crippen LogP contribution in [0.15, 0.2) is 36.5 Å². The SMILES string of the molecule is CN(C)c1cc2nn(C3CCC(O)(C#N)CC3)cc2cc1NC(=O)c1cccc(C2CC2)[n+]1[O-]. The molecule has 2 aliphatic rings. The molecule has 0 unspecified atom stereocenters. The number of amides is 1. The summed E-state index contributed by atoms with van der Waals surface area (Å²) >= 11 is 0. The molecule has 1 amide bonds. The predicted molar refractivity (Wildman–Crippen MR) is 127 cm³/mol. The van der Waals surface area contributed by atoms with E-state index in [9.17, 15) is 15.1 Å². The van der Waals surface area contributed by atoms with E-state index in [1.54, 1.807) is 18.2 Å². The van der Waals surface area contributed by atoms with Crippen molar-refractivity contribution in [1.29, 1.82) is 5.26 Å². The first-order chi connectivity index (χ1) is 16.3. The van der Waals surface area contributed by atoms with Crippen LogP contribution in [0.3, 0.4) is 0 Å². The predicted octanol–water partition coefficient (Wildman–Crippen LogP) is 3.24. The highest BCUT2D eigenvalue weighted by atomic mass is 16.5. The quantitative estimate of drug-likeness (QED) is 0.343. The number of hydrogen-bond acceptors (Lipinski definition) is 6. The molecule has 176 valence electrons. The van der Waals surface area contributed by atoms with E-state index in [4.69, 9.17) is 10.4 Å². The second kappa shape index (κ2) is 8.29. The van der Waals surface area contributed by atoms with Crippen molar-refractivity contribution >= 4 is 28.2 Å². The Hall–Kier alpha value is -3.64. The van der Waals surface area contributed by atoms with E-state index in [2.05, 4.69) is 5.32 Å². The molecule has 5 rings (SSSR count). The molecule has 0 saturated heterocycles. The Balaban J connectivity index is 1.43. The molecule has 2 aliphatic carbocycles. The largest absolute Gasteiger partial charge is 0.618 e. The Morgan fingerprint density at radius 2 is 2.03 bits per heavy atom. The van der Waals surface area contributed by atoms with Crippen LogP contribution in [0.25, 0.3) is 10.9 Å². The lowest BCUT2D eigenvalue weighted by molar-refractivity contribution is -0.616. The number of fused-ring (bicyclic) bond motifs is 1. The lowest BCUT2D eigenvalue weighted by atomic mass is 9.83. The number of anilines is 2. The highest BCUT2D eigenvalue weighted by molar-refractivity contribution is 6.05. The minimum absolute atomic E-state index is 0.0806. The van der Waals surface area contributed by atoms with Crippen LogP contribution in [-0.2, 0) is 0 Å². The van der Waals surface area contributed by atoms with Gasteiger partial charge in [-0.05, 0) is 56.7 Å². The van der Waals surface area contributed by atoms with E-state index in [1.807, 2.05) is 48.1 Å². The number of hydrogen-bond donors (Lipinski definition) is 2. The third kappa shape index (κ3) is 4.05. The molecule has 3 aromatic rings. The zero-order valence-corrected chi connectivity index (χ0v) is 19.4. The van der Waals surface area contributed by atoms with Gasteiger partial charge in [-0.15, -0.1) is 0 Å². The van der Waals surface area contributed by atoms with Crippen LogP contribution in [0.2, 0.25) is 0 Å². The van der Waals surface area contributed by atoms with Crippen molar-refractivity contribution in [2.24, 2.45) is 0 Å². The van der Waals surface area contributed by atoms with Gasteiger partial charge in [0.15, 0.2) is 11.3 Å². The summed E-state index contributed by atoms with van der Waals surface area (Å²) in [5.74, 6) is -0.205. The van der Waals surface area contributed by atoms with Gasteiger partial charge in [-0.2, -0.15) is 15.1 Å². The summed E-state index contributed by atoms with van der Waals surface area (Å²) in [5.41, 5.74) is 1.65. The Labute approximate surface area is 197 Å². The van der Waals surface area contributed by atoms with Crippen LogP contribution in [0.4, 0.5) is 11.4 Å². The molecule has 2 saturated carbocycles. The van der Waals surface area contributed by atoms with E-state index in [0.29, 0.717) is 37.1 Å². The lowest BCUT2D eigenvalue weighted by Gasteiger charge is -2.30. The topological polar surface area (TPSA) is 121 Å². The van der Waals surface area contributed by atoms with Crippen LogP contribution in [0, 0.1) is 16.5 Å². The maximum Gasteiger partial charge on any atom is 0.321 e. The fourth-order valence-electron chi connectivity index (χ4n) is 4.74. The number of aromatic nitrogens is 3. The van der Waals surface area contributed by atoms with Gasteiger partial charge >= 0.3 is 5.91 Å². The minimum Gasteiger partial charge on any atom is -0.618 e. The van der Waals surface area contributed by atoms with Gasteiger partial charge in [-0.1, -0.05) is 0 Å². The number of carbonyl (C=O) groups is 1. The highest BCUT2D eigenvalue weighted by Crippen LogP contribution is 2.38. The summed E-state index contributed by atoms with van der Waals surface area (Å²) in [4.78, 5) is 15.0. The molecule has 2 heterocycles. The Bertz CT molecular complexity index is 1300. The lowest BCUT2D eigenvalue weighted by Crippen LogP contribution is -2.40. The molecule has 0 radical (unpaired) electrons. The van der Waals surface area contributed by atoms with Crippen LogP contribution in [0.5, 0.6) is 0 Å². The first-order valence-corrected chi connectivity index (χ1v) is 11.7. The second-order valence-corrected chi connectivity index (χ2v) is 9.66. The van der Waals surface area contributed by atoms with E-state index in [1.165, 1.54) is 0 Å². The van der Waals surface area contributed by atoms with E-state index >= 15 is 0 Å². The van der Waals surface area contributed by atoms with Gasteiger partial charge in [0.1, 0.15) is 0 Å². The zero-order chi connectivity index (χ0) is 24.0. The number of nitrogens with zero attached hydrogens (tertiary/aromatic N) is 5. The van der Waals surface area contributed by atoms with E-state index in [-0.39, 0.29) is 17.7 Å². The molecule has 1 aromatic carbocycles. The third-order valence-electron chi connectivity index (χ3n) is 6.94. The van der Waals surface area contributed by atoms with Gasteiger partial charge in [0.2, 0.25) is 0 Å². The number of carbonyl (C=O) groups excluding carboxylic acids is 1. The monoisotopic (exact) mass is 460 g/mol. The fourth-order valence-corrected chi connectivity index (χ4v) is 4.74. The number of benzene rings is 1. The van der Waals surface area contributed by atoms with Crippen LogP contribution >= 0.6 is 0 Å².